The Labute approximate surface area is 97.0 Å². The van der Waals surface area contributed by atoms with E-state index in [1.165, 1.54) is 19.3 Å². The van der Waals surface area contributed by atoms with Gasteiger partial charge in [-0.05, 0) is 30.9 Å². The number of nitrogens with zero attached hydrogens (tertiary/aromatic N) is 1. The predicted molar refractivity (Wildman–Crippen MR) is 64.3 cm³/mol. The van der Waals surface area contributed by atoms with Gasteiger partial charge in [-0.25, -0.2) is 0 Å². The molecule has 0 radical (unpaired) electrons. The summed E-state index contributed by atoms with van der Waals surface area (Å²) in [5.41, 5.74) is 7.16. The first-order valence-corrected chi connectivity index (χ1v) is 5.97. The predicted octanol–water partition coefficient (Wildman–Crippen LogP) is 2.45. The molecular formula is C13H20N2O. The number of rotatable bonds is 2. The molecule has 0 aromatic carbocycles. The molecule has 2 N–H and O–H groups in total. The SMILES string of the molecule is COc1cccnc1C1(N)CCCCC1C. The smallest absolute Gasteiger partial charge is 0.142 e. The van der Waals surface area contributed by atoms with Crippen LogP contribution < -0.4 is 10.5 Å². The fraction of sp³-hybridized carbons (Fsp3) is 0.615. The van der Waals surface area contributed by atoms with Crippen LogP contribution in [0.25, 0.3) is 0 Å². The van der Waals surface area contributed by atoms with Gasteiger partial charge in [0.25, 0.3) is 0 Å². The molecule has 2 unspecified atom stereocenters. The zero-order valence-corrected chi connectivity index (χ0v) is 10.1. The lowest BCUT2D eigenvalue weighted by atomic mass is 9.72. The maximum absolute atomic E-state index is 6.56. The first-order valence-electron chi connectivity index (χ1n) is 5.97. The number of ether oxygens (including phenoxy) is 1. The fourth-order valence-electron chi connectivity index (χ4n) is 2.63. The van der Waals surface area contributed by atoms with Crippen molar-refractivity contribution in [3.8, 4) is 5.75 Å². The maximum atomic E-state index is 6.56. The van der Waals surface area contributed by atoms with Crippen LogP contribution in [0.15, 0.2) is 18.3 Å². The minimum absolute atomic E-state index is 0.315. The monoisotopic (exact) mass is 220 g/mol. The largest absolute Gasteiger partial charge is 0.495 e. The van der Waals surface area contributed by atoms with Crippen molar-refractivity contribution < 1.29 is 4.74 Å². The number of aromatic nitrogens is 1. The zero-order chi connectivity index (χ0) is 11.6. The summed E-state index contributed by atoms with van der Waals surface area (Å²) in [6.07, 6.45) is 6.43. The molecule has 1 aliphatic carbocycles. The average Bonchev–Trinajstić information content (AvgIpc) is 2.33. The molecule has 16 heavy (non-hydrogen) atoms. The van der Waals surface area contributed by atoms with Crippen LogP contribution in [0, 0.1) is 5.92 Å². The van der Waals surface area contributed by atoms with E-state index in [0.717, 1.165) is 17.9 Å². The summed E-state index contributed by atoms with van der Waals surface area (Å²) in [5.74, 6) is 1.28. The normalized spacial score (nSPS) is 30.1. The van der Waals surface area contributed by atoms with Crippen LogP contribution >= 0.6 is 0 Å². The van der Waals surface area contributed by atoms with Crippen LogP contribution in [0.3, 0.4) is 0 Å². The Kier molecular flexibility index (Phi) is 3.15. The number of methoxy groups -OCH3 is 1. The first-order chi connectivity index (χ1) is 7.68. The molecule has 3 nitrogen and oxygen atoms in total. The van der Waals surface area contributed by atoms with Gasteiger partial charge < -0.3 is 10.5 Å². The number of pyridine rings is 1. The van der Waals surface area contributed by atoms with Crippen LogP contribution in [0.4, 0.5) is 0 Å². The lowest BCUT2D eigenvalue weighted by Crippen LogP contribution is -2.46. The Morgan fingerprint density at radius 1 is 1.50 bits per heavy atom. The lowest BCUT2D eigenvalue weighted by Gasteiger charge is -2.39. The van der Waals surface area contributed by atoms with Crippen molar-refractivity contribution >= 4 is 0 Å². The Bertz CT molecular complexity index is 367. The minimum atomic E-state index is -0.315. The van der Waals surface area contributed by atoms with Gasteiger partial charge in [0.15, 0.2) is 0 Å². The quantitative estimate of drug-likeness (QED) is 0.832. The topological polar surface area (TPSA) is 48.1 Å². The van der Waals surface area contributed by atoms with Crippen molar-refractivity contribution in [2.45, 2.75) is 38.1 Å². The molecule has 0 spiro atoms. The Morgan fingerprint density at radius 3 is 3.00 bits per heavy atom. The van der Waals surface area contributed by atoms with Gasteiger partial charge in [-0.15, -0.1) is 0 Å². The highest BCUT2D eigenvalue weighted by Crippen LogP contribution is 2.41. The van der Waals surface area contributed by atoms with Gasteiger partial charge >= 0.3 is 0 Å². The Balaban J connectivity index is 2.40. The molecule has 88 valence electrons. The average molecular weight is 220 g/mol. The van der Waals surface area contributed by atoms with Crippen molar-refractivity contribution in [2.75, 3.05) is 7.11 Å². The van der Waals surface area contributed by atoms with Crippen LogP contribution in [0.2, 0.25) is 0 Å². The van der Waals surface area contributed by atoms with E-state index in [9.17, 15) is 0 Å². The second-order valence-corrected chi connectivity index (χ2v) is 4.74. The summed E-state index contributed by atoms with van der Waals surface area (Å²) in [7, 11) is 1.68. The number of nitrogens with two attached hydrogens (primary N) is 1. The molecule has 1 fully saturated rings. The molecule has 1 aliphatic rings. The molecular weight excluding hydrogens is 200 g/mol. The van der Waals surface area contributed by atoms with Gasteiger partial charge in [-0.2, -0.15) is 0 Å². The summed E-state index contributed by atoms with van der Waals surface area (Å²) in [5, 5.41) is 0. The maximum Gasteiger partial charge on any atom is 0.142 e. The van der Waals surface area contributed by atoms with E-state index < -0.39 is 0 Å². The molecule has 0 bridgehead atoms. The third-order valence-electron chi connectivity index (χ3n) is 3.79. The van der Waals surface area contributed by atoms with Gasteiger partial charge in [0, 0.05) is 6.20 Å². The third-order valence-corrected chi connectivity index (χ3v) is 3.79. The summed E-state index contributed by atoms with van der Waals surface area (Å²) in [6.45, 7) is 2.22. The highest BCUT2D eigenvalue weighted by atomic mass is 16.5. The van der Waals surface area contributed by atoms with Crippen molar-refractivity contribution in [1.82, 2.24) is 4.98 Å². The van der Waals surface area contributed by atoms with Crippen LogP contribution in [0.1, 0.15) is 38.3 Å². The van der Waals surface area contributed by atoms with Crippen LogP contribution in [-0.2, 0) is 5.54 Å². The van der Waals surface area contributed by atoms with Crippen molar-refractivity contribution in [2.24, 2.45) is 11.7 Å². The molecule has 0 saturated heterocycles. The standard InChI is InChI=1S/C13H20N2O/c1-10-6-3-4-8-13(10,14)12-11(16-2)7-5-9-15-12/h5,7,9-10H,3-4,6,8,14H2,1-2H3. The van der Waals surface area contributed by atoms with Crippen molar-refractivity contribution in [3.63, 3.8) is 0 Å². The van der Waals surface area contributed by atoms with E-state index in [0.29, 0.717) is 5.92 Å². The fourth-order valence-corrected chi connectivity index (χ4v) is 2.63. The van der Waals surface area contributed by atoms with E-state index in [1.807, 2.05) is 12.1 Å². The Hall–Kier alpha value is -1.09. The molecule has 2 atom stereocenters. The first kappa shape index (κ1) is 11.4. The second kappa shape index (κ2) is 4.42. The summed E-state index contributed by atoms with van der Waals surface area (Å²) in [4.78, 5) is 4.45. The highest BCUT2D eigenvalue weighted by molar-refractivity contribution is 5.33. The van der Waals surface area contributed by atoms with Gasteiger partial charge in [-0.3, -0.25) is 4.98 Å². The second-order valence-electron chi connectivity index (χ2n) is 4.74. The Morgan fingerprint density at radius 2 is 2.31 bits per heavy atom. The van der Waals surface area contributed by atoms with E-state index in [4.69, 9.17) is 10.5 Å². The molecule has 0 amide bonds. The van der Waals surface area contributed by atoms with Crippen LogP contribution in [-0.4, -0.2) is 12.1 Å². The zero-order valence-electron chi connectivity index (χ0n) is 10.1. The van der Waals surface area contributed by atoms with Gasteiger partial charge in [0.05, 0.1) is 12.6 Å². The number of hydrogen-bond donors (Lipinski definition) is 1. The van der Waals surface area contributed by atoms with Crippen molar-refractivity contribution in [3.05, 3.63) is 24.0 Å². The lowest BCUT2D eigenvalue weighted by molar-refractivity contribution is 0.195. The van der Waals surface area contributed by atoms with E-state index in [1.54, 1.807) is 13.3 Å². The molecule has 2 rings (SSSR count). The summed E-state index contributed by atoms with van der Waals surface area (Å²) in [6, 6.07) is 3.83. The number of hydrogen-bond acceptors (Lipinski definition) is 3. The van der Waals surface area contributed by atoms with Gasteiger partial charge in [0.1, 0.15) is 11.4 Å². The van der Waals surface area contributed by atoms with E-state index in [2.05, 4.69) is 11.9 Å². The molecule has 1 aromatic rings. The summed E-state index contributed by atoms with van der Waals surface area (Å²) >= 11 is 0. The minimum Gasteiger partial charge on any atom is -0.495 e. The van der Waals surface area contributed by atoms with Gasteiger partial charge in [0.2, 0.25) is 0 Å². The molecule has 1 saturated carbocycles. The van der Waals surface area contributed by atoms with E-state index >= 15 is 0 Å². The van der Waals surface area contributed by atoms with Crippen LogP contribution in [0.5, 0.6) is 5.75 Å². The molecule has 1 heterocycles. The molecule has 1 aromatic heterocycles. The summed E-state index contributed by atoms with van der Waals surface area (Å²) < 4.78 is 5.37. The molecule has 3 heteroatoms. The molecule has 0 aliphatic heterocycles. The van der Waals surface area contributed by atoms with Gasteiger partial charge in [-0.1, -0.05) is 19.8 Å². The highest BCUT2D eigenvalue weighted by Gasteiger charge is 2.39. The van der Waals surface area contributed by atoms with E-state index in [-0.39, 0.29) is 5.54 Å². The van der Waals surface area contributed by atoms with Crippen molar-refractivity contribution in [1.29, 1.82) is 0 Å². The third kappa shape index (κ3) is 1.80.